The second-order valence-electron chi connectivity index (χ2n) is 6.76. The lowest BCUT2D eigenvalue weighted by Gasteiger charge is -2.21. The third-order valence-electron chi connectivity index (χ3n) is 5.03. The molecule has 4 heteroatoms. The summed E-state index contributed by atoms with van der Waals surface area (Å²) in [6, 6.07) is 6.09. The zero-order valence-corrected chi connectivity index (χ0v) is 14.6. The topological polar surface area (TPSA) is 50.8 Å². The van der Waals surface area contributed by atoms with E-state index < -0.39 is 0 Å². The summed E-state index contributed by atoms with van der Waals surface area (Å²) in [5.41, 5.74) is 2.84. The van der Waals surface area contributed by atoms with Crippen LogP contribution >= 0.6 is 0 Å². The number of ether oxygens (including phenoxy) is 1. The SMILES string of the molecule is CCCCOCCn1cc(C2CCCCC2)c2ccc(C#N)nc21. The summed E-state index contributed by atoms with van der Waals surface area (Å²) in [6.07, 6.45) is 11.1. The molecule has 2 aromatic rings. The summed E-state index contributed by atoms with van der Waals surface area (Å²) >= 11 is 0. The van der Waals surface area contributed by atoms with Crippen LogP contribution < -0.4 is 0 Å². The van der Waals surface area contributed by atoms with Crippen molar-refractivity contribution in [1.82, 2.24) is 9.55 Å². The second-order valence-corrected chi connectivity index (χ2v) is 6.76. The molecule has 0 unspecified atom stereocenters. The summed E-state index contributed by atoms with van der Waals surface area (Å²) in [5.74, 6) is 0.637. The smallest absolute Gasteiger partial charge is 0.142 e. The van der Waals surface area contributed by atoms with Gasteiger partial charge in [-0.25, -0.2) is 4.98 Å². The van der Waals surface area contributed by atoms with E-state index in [0.29, 0.717) is 18.2 Å². The fourth-order valence-electron chi connectivity index (χ4n) is 3.67. The largest absolute Gasteiger partial charge is 0.380 e. The fraction of sp³-hybridized carbons (Fsp3) is 0.600. The van der Waals surface area contributed by atoms with Crippen LogP contribution in [-0.4, -0.2) is 22.8 Å². The molecule has 0 aromatic carbocycles. The first-order valence-electron chi connectivity index (χ1n) is 9.31. The molecule has 1 fully saturated rings. The quantitative estimate of drug-likeness (QED) is 0.689. The number of hydrogen-bond acceptors (Lipinski definition) is 3. The third-order valence-corrected chi connectivity index (χ3v) is 5.03. The van der Waals surface area contributed by atoms with E-state index >= 15 is 0 Å². The molecule has 2 heterocycles. The molecule has 0 bridgehead atoms. The van der Waals surface area contributed by atoms with Crippen LogP contribution in [0.2, 0.25) is 0 Å². The van der Waals surface area contributed by atoms with Crippen molar-refractivity contribution in [1.29, 1.82) is 5.26 Å². The lowest BCUT2D eigenvalue weighted by molar-refractivity contribution is 0.124. The van der Waals surface area contributed by atoms with Gasteiger partial charge in [-0.3, -0.25) is 0 Å². The summed E-state index contributed by atoms with van der Waals surface area (Å²) in [6.45, 7) is 4.50. The van der Waals surface area contributed by atoms with Gasteiger partial charge >= 0.3 is 0 Å². The van der Waals surface area contributed by atoms with Crippen LogP contribution in [0.25, 0.3) is 11.0 Å². The number of aromatic nitrogens is 2. The first-order valence-corrected chi connectivity index (χ1v) is 9.31. The lowest BCUT2D eigenvalue weighted by Crippen LogP contribution is -2.07. The molecule has 1 aliphatic carbocycles. The highest BCUT2D eigenvalue weighted by Gasteiger charge is 2.21. The van der Waals surface area contributed by atoms with E-state index in [1.54, 1.807) is 0 Å². The van der Waals surface area contributed by atoms with Crippen LogP contribution in [0.4, 0.5) is 0 Å². The van der Waals surface area contributed by atoms with Gasteiger partial charge in [-0.2, -0.15) is 5.26 Å². The van der Waals surface area contributed by atoms with Gasteiger partial charge in [0.15, 0.2) is 0 Å². The number of fused-ring (bicyclic) bond motifs is 1. The Kier molecular flexibility index (Phi) is 5.87. The lowest BCUT2D eigenvalue weighted by atomic mass is 9.84. The van der Waals surface area contributed by atoms with Crippen molar-refractivity contribution in [3.63, 3.8) is 0 Å². The van der Waals surface area contributed by atoms with Crippen LogP contribution in [-0.2, 0) is 11.3 Å². The first-order chi connectivity index (χ1) is 11.8. The zero-order valence-electron chi connectivity index (χ0n) is 14.6. The van der Waals surface area contributed by atoms with Gasteiger partial charge in [-0.1, -0.05) is 32.6 Å². The number of unbranched alkanes of at least 4 members (excludes halogenated alkanes) is 1. The van der Waals surface area contributed by atoms with Crippen molar-refractivity contribution in [2.45, 2.75) is 64.3 Å². The van der Waals surface area contributed by atoms with E-state index in [-0.39, 0.29) is 0 Å². The average Bonchev–Trinajstić information content (AvgIpc) is 3.00. The number of hydrogen-bond donors (Lipinski definition) is 0. The molecule has 0 N–H and O–H groups in total. The Bertz CT molecular complexity index is 707. The maximum Gasteiger partial charge on any atom is 0.142 e. The van der Waals surface area contributed by atoms with E-state index in [9.17, 15) is 5.26 Å². The van der Waals surface area contributed by atoms with Gasteiger partial charge in [0.25, 0.3) is 0 Å². The van der Waals surface area contributed by atoms with Crippen molar-refractivity contribution < 1.29 is 4.74 Å². The summed E-state index contributed by atoms with van der Waals surface area (Å²) in [5, 5.41) is 10.4. The van der Waals surface area contributed by atoms with Crippen LogP contribution in [0.1, 0.15) is 69.0 Å². The molecule has 0 saturated heterocycles. The van der Waals surface area contributed by atoms with E-state index in [0.717, 1.165) is 31.6 Å². The number of nitriles is 1. The first kappa shape index (κ1) is 17.0. The molecule has 2 aromatic heterocycles. The predicted octanol–water partition coefficient (Wildman–Crippen LogP) is 4.77. The summed E-state index contributed by atoms with van der Waals surface area (Å²) in [4.78, 5) is 4.57. The molecule has 1 saturated carbocycles. The Morgan fingerprint density at radius 1 is 1.25 bits per heavy atom. The highest BCUT2D eigenvalue weighted by atomic mass is 16.5. The molecular formula is C20H27N3O. The minimum Gasteiger partial charge on any atom is -0.380 e. The molecule has 128 valence electrons. The summed E-state index contributed by atoms with van der Waals surface area (Å²) < 4.78 is 7.91. The van der Waals surface area contributed by atoms with Crippen molar-refractivity contribution >= 4 is 11.0 Å². The molecular weight excluding hydrogens is 298 g/mol. The fourth-order valence-corrected chi connectivity index (χ4v) is 3.67. The van der Waals surface area contributed by atoms with Gasteiger partial charge < -0.3 is 9.30 Å². The van der Waals surface area contributed by atoms with Crippen LogP contribution in [0.3, 0.4) is 0 Å². The molecule has 1 aliphatic rings. The van der Waals surface area contributed by atoms with Crippen LogP contribution in [0.5, 0.6) is 0 Å². The highest BCUT2D eigenvalue weighted by Crippen LogP contribution is 2.37. The van der Waals surface area contributed by atoms with E-state index in [2.05, 4.69) is 34.8 Å². The Balaban J connectivity index is 1.84. The van der Waals surface area contributed by atoms with Crippen molar-refractivity contribution in [2.75, 3.05) is 13.2 Å². The van der Waals surface area contributed by atoms with Crippen molar-refractivity contribution in [3.05, 3.63) is 29.6 Å². The predicted molar refractivity (Wildman–Crippen MR) is 96.0 cm³/mol. The van der Waals surface area contributed by atoms with Crippen molar-refractivity contribution in [3.8, 4) is 6.07 Å². The number of pyridine rings is 1. The number of nitrogens with zero attached hydrogens (tertiary/aromatic N) is 3. The number of rotatable bonds is 7. The van der Waals surface area contributed by atoms with Crippen LogP contribution in [0.15, 0.2) is 18.3 Å². The summed E-state index contributed by atoms with van der Waals surface area (Å²) in [7, 11) is 0. The van der Waals surface area contributed by atoms with Gasteiger partial charge in [-0.15, -0.1) is 0 Å². The van der Waals surface area contributed by atoms with E-state index in [1.165, 1.54) is 43.1 Å². The zero-order chi connectivity index (χ0) is 16.8. The minimum atomic E-state index is 0.490. The minimum absolute atomic E-state index is 0.490. The van der Waals surface area contributed by atoms with E-state index in [1.807, 2.05) is 6.07 Å². The second kappa shape index (κ2) is 8.30. The third kappa shape index (κ3) is 3.79. The highest BCUT2D eigenvalue weighted by molar-refractivity contribution is 5.81. The molecule has 0 amide bonds. The van der Waals surface area contributed by atoms with E-state index in [4.69, 9.17) is 4.74 Å². The molecule has 0 atom stereocenters. The maximum absolute atomic E-state index is 9.17. The Labute approximate surface area is 144 Å². The molecule has 0 radical (unpaired) electrons. The molecule has 4 nitrogen and oxygen atoms in total. The standard InChI is InChI=1S/C20H27N3O/c1-2-3-12-24-13-11-23-15-19(16-7-5-4-6-8-16)18-10-9-17(14-21)22-20(18)23/h9-10,15-16H,2-8,11-13H2,1H3. The molecule has 0 spiro atoms. The van der Waals surface area contributed by atoms with Gasteiger partial charge in [0.2, 0.25) is 0 Å². The molecule has 3 rings (SSSR count). The monoisotopic (exact) mass is 325 g/mol. The van der Waals surface area contributed by atoms with Crippen LogP contribution in [0, 0.1) is 11.3 Å². The van der Waals surface area contributed by atoms with Gasteiger partial charge in [0.1, 0.15) is 17.4 Å². The Morgan fingerprint density at radius 3 is 2.83 bits per heavy atom. The van der Waals surface area contributed by atoms with Crippen molar-refractivity contribution in [2.24, 2.45) is 0 Å². The Morgan fingerprint density at radius 2 is 2.08 bits per heavy atom. The molecule has 0 aliphatic heterocycles. The maximum atomic E-state index is 9.17. The van der Waals surface area contributed by atoms with Gasteiger partial charge in [-0.05, 0) is 42.9 Å². The normalized spacial score (nSPS) is 15.7. The Hall–Kier alpha value is -1.86. The average molecular weight is 325 g/mol. The van der Waals surface area contributed by atoms with Gasteiger partial charge in [0.05, 0.1) is 6.61 Å². The van der Waals surface area contributed by atoms with Gasteiger partial charge in [0, 0.05) is 24.7 Å². The molecule has 24 heavy (non-hydrogen) atoms.